The van der Waals surface area contributed by atoms with Crippen molar-refractivity contribution >= 4 is 22.3 Å². The van der Waals surface area contributed by atoms with Gasteiger partial charge < -0.3 is 5.32 Å². The molecule has 6 heteroatoms. The van der Waals surface area contributed by atoms with Crippen LogP contribution in [0.5, 0.6) is 0 Å². The topological polar surface area (TPSA) is 59.3 Å². The number of benzene rings is 1. The third-order valence-corrected chi connectivity index (χ3v) is 5.89. The van der Waals surface area contributed by atoms with Gasteiger partial charge in [0.25, 0.3) is 0 Å². The van der Waals surface area contributed by atoms with Gasteiger partial charge in [-0.2, -0.15) is 0 Å². The molecule has 144 valence electrons. The third kappa shape index (κ3) is 5.16. The first-order valence-electron chi connectivity index (χ1n) is 9.70. The Balaban J connectivity index is 0.000000659. The number of rotatable bonds is 4. The van der Waals surface area contributed by atoms with Crippen molar-refractivity contribution in [3.63, 3.8) is 0 Å². The van der Waals surface area contributed by atoms with Crippen molar-refractivity contribution in [1.82, 2.24) is 14.6 Å². The summed E-state index contributed by atoms with van der Waals surface area (Å²) >= 11 is 0. The first-order chi connectivity index (χ1) is 13.2. The van der Waals surface area contributed by atoms with Gasteiger partial charge in [-0.1, -0.05) is 50.6 Å². The van der Waals surface area contributed by atoms with Gasteiger partial charge in [0, 0.05) is 34.4 Å². The van der Waals surface area contributed by atoms with Crippen LogP contribution < -0.4 is 5.32 Å². The minimum Gasteiger partial charge on any atom is -0.368 e. The maximum Gasteiger partial charge on any atom is 0.154 e. The zero-order valence-corrected chi connectivity index (χ0v) is 16.9. The Morgan fingerprint density at radius 2 is 1.81 bits per heavy atom. The molecule has 1 aromatic carbocycles. The first kappa shape index (κ1) is 19.5. The lowest BCUT2D eigenvalue weighted by atomic mass is 10.0. The number of anilines is 1. The highest BCUT2D eigenvalue weighted by molar-refractivity contribution is 7.85. The summed E-state index contributed by atoms with van der Waals surface area (Å²) in [6.45, 7) is 5.13. The number of aromatic nitrogens is 3. The van der Waals surface area contributed by atoms with Crippen molar-refractivity contribution < 1.29 is 4.21 Å². The summed E-state index contributed by atoms with van der Waals surface area (Å²) in [6.07, 6.45) is 5.17. The molecule has 0 radical (unpaired) electrons. The SMILES string of the molecule is CCC.O=S1CCC(CNc2ccc3ncc(-c4ccccc4)n3n2)CC1. The van der Waals surface area contributed by atoms with E-state index in [1.54, 1.807) is 0 Å². The monoisotopic (exact) mass is 384 g/mol. The van der Waals surface area contributed by atoms with Gasteiger partial charge in [0.15, 0.2) is 5.65 Å². The average Bonchev–Trinajstić information content (AvgIpc) is 3.12. The van der Waals surface area contributed by atoms with Crippen LogP contribution in [0.2, 0.25) is 0 Å². The predicted octanol–water partition coefficient (Wildman–Crippen LogP) is 4.38. The first-order valence-corrected chi connectivity index (χ1v) is 11.2. The number of fused-ring (bicyclic) bond motifs is 1. The van der Waals surface area contributed by atoms with E-state index < -0.39 is 10.8 Å². The minimum absolute atomic E-state index is 0.580. The Kier molecular flexibility index (Phi) is 6.98. The van der Waals surface area contributed by atoms with Gasteiger partial charge in [-0.3, -0.25) is 4.21 Å². The molecule has 4 rings (SSSR count). The Hall–Kier alpha value is -2.21. The highest BCUT2D eigenvalue weighted by Gasteiger charge is 2.17. The summed E-state index contributed by atoms with van der Waals surface area (Å²) in [5, 5.41) is 8.13. The fourth-order valence-electron chi connectivity index (χ4n) is 3.07. The summed E-state index contributed by atoms with van der Waals surface area (Å²) in [5.41, 5.74) is 2.93. The highest BCUT2D eigenvalue weighted by atomic mass is 32.2. The van der Waals surface area contributed by atoms with Gasteiger partial charge >= 0.3 is 0 Å². The summed E-state index contributed by atoms with van der Waals surface area (Å²) in [6, 6.07) is 14.1. The molecule has 0 bridgehead atoms. The van der Waals surface area contributed by atoms with Crippen LogP contribution in [0.3, 0.4) is 0 Å². The molecule has 3 aromatic rings. The lowest BCUT2D eigenvalue weighted by molar-refractivity contribution is 0.504. The molecule has 1 aliphatic heterocycles. The van der Waals surface area contributed by atoms with E-state index in [1.807, 2.05) is 41.0 Å². The van der Waals surface area contributed by atoms with Crippen LogP contribution in [0.15, 0.2) is 48.7 Å². The highest BCUT2D eigenvalue weighted by Crippen LogP contribution is 2.21. The normalized spacial score (nSPS) is 19.3. The van der Waals surface area contributed by atoms with Crippen LogP contribution in [0.25, 0.3) is 16.9 Å². The van der Waals surface area contributed by atoms with Crippen LogP contribution >= 0.6 is 0 Å². The van der Waals surface area contributed by atoms with Gasteiger partial charge in [0.05, 0.1) is 11.9 Å². The van der Waals surface area contributed by atoms with Crippen LogP contribution in [0, 0.1) is 5.92 Å². The van der Waals surface area contributed by atoms with E-state index in [9.17, 15) is 4.21 Å². The molecule has 1 aliphatic rings. The van der Waals surface area contributed by atoms with Crippen molar-refractivity contribution in [2.75, 3.05) is 23.4 Å². The average molecular weight is 385 g/mol. The van der Waals surface area contributed by atoms with E-state index in [0.29, 0.717) is 5.92 Å². The Morgan fingerprint density at radius 1 is 1.11 bits per heavy atom. The van der Waals surface area contributed by atoms with Crippen molar-refractivity contribution in [1.29, 1.82) is 0 Å². The molecule has 0 spiro atoms. The molecule has 27 heavy (non-hydrogen) atoms. The second kappa shape index (κ2) is 9.65. The summed E-state index contributed by atoms with van der Waals surface area (Å²) in [5.74, 6) is 3.10. The molecule has 0 atom stereocenters. The van der Waals surface area contributed by atoms with Gasteiger partial charge in [-0.15, -0.1) is 5.10 Å². The number of hydrogen-bond acceptors (Lipinski definition) is 4. The molecule has 2 aromatic heterocycles. The number of hydrogen-bond donors (Lipinski definition) is 1. The second-order valence-corrected chi connectivity index (χ2v) is 8.57. The molecule has 3 heterocycles. The fraction of sp³-hybridized carbons (Fsp3) is 0.429. The summed E-state index contributed by atoms with van der Waals surface area (Å²) < 4.78 is 13.3. The molecular weight excluding hydrogens is 356 g/mol. The quantitative estimate of drug-likeness (QED) is 0.725. The lowest BCUT2D eigenvalue weighted by Gasteiger charge is -2.21. The smallest absolute Gasteiger partial charge is 0.154 e. The van der Waals surface area contributed by atoms with E-state index in [4.69, 9.17) is 5.10 Å². The molecule has 5 nitrogen and oxygen atoms in total. The van der Waals surface area contributed by atoms with E-state index in [2.05, 4.69) is 36.3 Å². The van der Waals surface area contributed by atoms with Gasteiger partial charge in [0.2, 0.25) is 0 Å². The Bertz CT molecular complexity index is 868. The van der Waals surface area contributed by atoms with Crippen LogP contribution in [-0.4, -0.2) is 36.9 Å². The molecule has 0 unspecified atom stereocenters. The van der Waals surface area contributed by atoms with Gasteiger partial charge in [0.1, 0.15) is 5.82 Å². The fourth-order valence-corrected chi connectivity index (χ4v) is 4.47. The zero-order chi connectivity index (χ0) is 19.1. The van der Waals surface area contributed by atoms with Gasteiger partial charge in [-0.05, 0) is 30.9 Å². The standard InChI is InChI=1S/C18H20N4OS.C3H8/c23-24-10-8-14(9-11-24)12-19-17-6-7-18-20-13-16(22(18)21-17)15-4-2-1-3-5-15;1-3-2/h1-7,13-14H,8-12H2,(H,19,21);3H2,1-2H3. The van der Waals surface area contributed by atoms with Crippen molar-refractivity contribution in [2.24, 2.45) is 5.92 Å². The second-order valence-electron chi connectivity index (χ2n) is 6.88. The van der Waals surface area contributed by atoms with Crippen molar-refractivity contribution in [3.8, 4) is 11.3 Å². The Labute approximate surface area is 163 Å². The van der Waals surface area contributed by atoms with Gasteiger partial charge in [-0.25, -0.2) is 9.50 Å². The maximum absolute atomic E-state index is 11.4. The largest absolute Gasteiger partial charge is 0.368 e. The van der Waals surface area contributed by atoms with E-state index in [1.165, 1.54) is 6.42 Å². The summed E-state index contributed by atoms with van der Waals surface area (Å²) in [7, 11) is -0.602. The van der Waals surface area contributed by atoms with Crippen LogP contribution in [-0.2, 0) is 10.8 Å². The minimum atomic E-state index is -0.602. The molecule has 0 amide bonds. The third-order valence-electron chi connectivity index (χ3n) is 4.51. The number of imidazole rings is 1. The predicted molar refractivity (Wildman–Crippen MR) is 113 cm³/mol. The van der Waals surface area contributed by atoms with Crippen molar-refractivity contribution in [2.45, 2.75) is 33.1 Å². The van der Waals surface area contributed by atoms with E-state index in [-0.39, 0.29) is 0 Å². The van der Waals surface area contributed by atoms with Crippen molar-refractivity contribution in [3.05, 3.63) is 48.7 Å². The van der Waals surface area contributed by atoms with E-state index >= 15 is 0 Å². The maximum atomic E-state index is 11.4. The van der Waals surface area contributed by atoms with Crippen LogP contribution in [0.4, 0.5) is 5.82 Å². The molecule has 0 aliphatic carbocycles. The number of nitrogens with zero attached hydrogens (tertiary/aromatic N) is 3. The molecule has 1 N–H and O–H groups in total. The van der Waals surface area contributed by atoms with E-state index in [0.717, 1.165) is 53.6 Å². The zero-order valence-electron chi connectivity index (χ0n) is 16.1. The molecular formula is C21H28N4OS. The summed E-state index contributed by atoms with van der Waals surface area (Å²) in [4.78, 5) is 4.43. The lowest BCUT2D eigenvalue weighted by Crippen LogP contribution is -2.24. The molecule has 1 fully saturated rings. The molecule has 1 saturated heterocycles. The Morgan fingerprint density at radius 3 is 2.52 bits per heavy atom. The molecule has 0 saturated carbocycles. The number of nitrogens with one attached hydrogen (secondary N) is 1. The van der Waals surface area contributed by atoms with Crippen LogP contribution in [0.1, 0.15) is 33.1 Å².